The van der Waals surface area contributed by atoms with Gasteiger partial charge in [-0.3, -0.25) is 9.59 Å². The summed E-state index contributed by atoms with van der Waals surface area (Å²) in [6.07, 6.45) is 0.531. The van der Waals surface area contributed by atoms with Crippen molar-refractivity contribution in [2.45, 2.75) is 58.0 Å². The van der Waals surface area contributed by atoms with Crippen LogP contribution in [0.2, 0.25) is 10.0 Å². The summed E-state index contributed by atoms with van der Waals surface area (Å²) >= 11 is 13.5. The van der Waals surface area contributed by atoms with Crippen LogP contribution in [0.5, 0.6) is 0 Å². The van der Waals surface area contributed by atoms with Crippen molar-refractivity contribution in [2.75, 3.05) is 5.75 Å². The molecule has 0 spiro atoms. The molecule has 1 N–H and O–H groups in total. The lowest BCUT2D eigenvalue weighted by Crippen LogP contribution is -2.53. The van der Waals surface area contributed by atoms with E-state index in [1.54, 1.807) is 17.0 Å². The van der Waals surface area contributed by atoms with Crippen molar-refractivity contribution in [2.24, 2.45) is 0 Å². The molecule has 7 heteroatoms. The minimum atomic E-state index is -0.543. The number of carbonyl (C=O) groups is 2. The molecule has 0 saturated carbocycles. The Bertz CT molecular complexity index is 865. The molecule has 2 aromatic rings. The molecule has 2 rings (SSSR count). The Morgan fingerprint density at radius 3 is 1.97 bits per heavy atom. The van der Waals surface area contributed by atoms with Gasteiger partial charge in [-0.2, -0.15) is 0 Å². The smallest absolute Gasteiger partial charge is 0.243 e. The summed E-state index contributed by atoms with van der Waals surface area (Å²) in [5.41, 5.74) is 1.66. The molecule has 0 aliphatic carbocycles. The van der Waals surface area contributed by atoms with Gasteiger partial charge in [-0.25, -0.2) is 0 Å². The van der Waals surface area contributed by atoms with Gasteiger partial charge >= 0.3 is 0 Å². The van der Waals surface area contributed by atoms with Gasteiger partial charge in [0.1, 0.15) is 6.04 Å². The van der Waals surface area contributed by atoms with Crippen LogP contribution < -0.4 is 5.32 Å². The number of carbonyl (C=O) groups excluding carboxylic acids is 2. The average Bonchev–Trinajstić information content (AvgIpc) is 2.69. The molecule has 0 aliphatic rings. The van der Waals surface area contributed by atoms with Gasteiger partial charge in [0.05, 0.1) is 5.75 Å². The third kappa shape index (κ3) is 8.76. The number of benzene rings is 2. The molecule has 0 aliphatic heterocycles. The predicted molar refractivity (Wildman–Crippen MR) is 132 cm³/mol. The van der Waals surface area contributed by atoms with Gasteiger partial charge < -0.3 is 10.2 Å². The zero-order chi connectivity index (χ0) is 23.0. The lowest BCUT2D eigenvalue weighted by atomic mass is 10.1. The largest absolute Gasteiger partial charge is 0.350 e. The number of halogens is 2. The van der Waals surface area contributed by atoms with Gasteiger partial charge in [0.15, 0.2) is 0 Å². The lowest BCUT2D eigenvalue weighted by Gasteiger charge is -2.33. The number of amides is 2. The molecule has 0 aromatic heterocycles. The van der Waals surface area contributed by atoms with Crippen molar-refractivity contribution in [1.29, 1.82) is 0 Å². The van der Waals surface area contributed by atoms with E-state index >= 15 is 0 Å². The Morgan fingerprint density at radius 2 is 1.48 bits per heavy atom. The molecule has 4 nitrogen and oxygen atoms in total. The first-order chi connectivity index (χ1) is 14.6. The molecule has 2 aromatic carbocycles. The van der Waals surface area contributed by atoms with Gasteiger partial charge in [0.25, 0.3) is 0 Å². The monoisotopic (exact) mass is 480 g/mol. The summed E-state index contributed by atoms with van der Waals surface area (Å²) < 4.78 is 0. The maximum absolute atomic E-state index is 13.2. The number of rotatable bonds is 9. The summed E-state index contributed by atoms with van der Waals surface area (Å²) in [6.45, 7) is 8.09. The van der Waals surface area contributed by atoms with Crippen LogP contribution in [0.3, 0.4) is 0 Å². The molecule has 0 saturated heterocycles. The van der Waals surface area contributed by atoms with E-state index < -0.39 is 6.04 Å². The minimum absolute atomic E-state index is 0.0650. The van der Waals surface area contributed by atoms with Crippen molar-refractivity contribution in [3.05, 3.63) is 69.7 Å². The average molecular weight is 481 g/mol. The second kappa shape index (κ2) is 11.8. The fourth-order valence-electron chi connectivity index (χ4n) is 3.08. The molecule has 2 amide bonds. The Labute approximate surface area is 199 Å². The van der Waals surface area contributed by atoms with Gasteiger partial charge in [-0.15, -0.1) is 11.8 Å². The topological polar surface area (TPSA) is 49.4 Å². The molecule has 0 bridgehead atoms. The fourth-order valence-corrected chi connectivity index (χ4v) is 4.20. The van der Waals surface area contributed by atoms with E-state index in [0.29, 0.717) is 28.8 Å². The molecular weight excluding hydrogens is 451 g/mol. The van der Waals surface area contributed by atoms with Crippen molar-refractivity contribution < 1.29 is 9.59 Å². The van der Waals surface area contributed by atoms with Crippen LogP contribution in [0.25, 0.3) is 0 Å². The normalized spacial score (nSPS) is 12.3. The van der Waals surface area contributed by atoms with Crippen molar-refractivity contribution in [1.82, 2.24) is 10.2 Å². The SMILES string of the molecule is CC[C@@H](C(=O)NC(C)(C)C)N(Cc1ccc(Cl)cc1)C(=O)CSCc1ccc(Cl)cc1. The summed E-state index contributed by atoms with van der Waals surface area (Å²) in [4.78, 5) is 27.8. The third-order valence-corrected chi connectivity index (χ3v) is 6.05. The first-order valence-electron chi connectivity index (χ1n) is 10.3. The second-order valence-electron chi connectivity index (χ2n) is 8.43. The van der Waals surface area contributed by atoms with Gasteiger partial charge in [0, 0.05) is 27.9 Å². The van der Waals surface area contributed by atoms with Crippen LogP contribution in [-0.4, -0.2) is 34.0 Å². The van der Waals surface area contributed by atoms with Crippen LogP contribution in [0.4, 0.5) is 0 Å². The Kier molecular flexibility index (Phi) is 9.73. The van der Waals surface area contributed by atoms with Crippen LogP contribution >= 0.6 is 35.0 Å². The van der Waals surface area contributed by atoms with Crippen molar-refractivity contribution >= 4 is 46.8 Å². The number of nitrogens with zero attached hydrogens (tertiary/aromatic N) is 1. The first-order valence-corrected chi connectivity index (χ1v) is 12.2. The molecule has 31 heavy (non-hydrogen) atoms. The van der Waals surface area contributed by atoms with Crippen LogP contribution in [0, 0.1) is 0 Å². The van der Waals surface area contributed by atoms with E-state index in [2.05, 4.69) is 5.32 Å². The highest BCUT2D eigenvalue weighted by Gasteiger charge is 2.30. The highest BCUT2D eigenvalue weighted by molar-refractivity contribution is 7.99. The van der Waals surface area contributed by atoms with E-state index in [1.165, 1.54) is 11.8 Å². The van der Waals surface area contributed by atoms with Crippen molar-refractivity contribution in [3.8, 4) is 0 Å². The molecular formula is C24H30Cl2N2O2S. The summed E-state index contributed by atoms with van der Waals surface area (Å²) in [5, 5.41) is 4.34. The van der Waals surface area contributed by atoms with E-state index in [4.69, 9.17) is 23.2 Å². The van der Waals surface area contributed by atoms with Crippen LogP contribution in [-0.2, 0) is 21.9 Å². The van der Waals surface area contributed by atoms with E-state index in [-0.39, 0.29) is 23.1 Å². The fraction of sp³-hybridized carbons (Fsp3) is 0.417. The number of nitrogens with one attached hydrogen (secondary N) is 1. The quantitative estimate of drug-likeness (QED) is 0.482. The zero-order valence-corrected chi connectivity index (χ0v) is 20.8. The molecule has 0 radical (unpaired) electrons. The minimum Gasteiger partial charge on any atom is -0.350 e. The molecule has 0 fully saturated rings. The van der Waals surface area contributed by atoms with E-state index in [1.807, 2.05) is 64.1 Å². The predicted octanol–water partition coefficient (Wildman–Crippen LogP) is 5.95. The maximum atomic E-state index is 13.2. The first kappa shape index (κ1) is 25.6. The van der Waals surface area contributed by atoms with Crippen molar-refractivity contribution in [3.63, 3.8) is 0 Å². The summed E-state index contributed by atoms with van der Waals surface area (Å²) in [5.74, 6) is 0.780. The highest BCUT2D eigenvalue weighted by Crippen LogP contribution is 2.20. The second-order valence-corrected chi connectivity index (χ2v) is 10.3. The zero-order valence-electron chi connectivity index (χ0n) is 18.5. The van der Waals surface area contributed by atoms with E-state index in [9.17, 15) is 9.59 Å². The summed E-state index contributed by atoms with van der Waals surface area (Å²) in [6, 6.07) is 14.4. The van der Waals surface area contributed by atoms with Crippen LogP contribution in [0.15, 0.2) is 48.5 Å². The maximum Gasteiger partial charge on any atom is 0.243 e. The number of hydrogen-bond acceptors (Lipinski definition) is 3. The van der Waals surface area contributed by atoms with E-state index in [0.717, 1.165) is 11.1 Å². The standard InChI is InChI=1S/C24H30Cl2N2O2S/c1-5-21(23(30)27-24(2,3)4)28(14-17-6-10-19(25)11-7-17)22(29)16-31-15-18-8-12-20(26)13-9-18/h6-13,21H,5,14-16H2,1-4H3,(H,27,30)/t21-/m0/s1. The van der Waals surface area contributed by atoms with Crippen LogP contribution in [0.1, 0.15) is 45.2 Å². The molecule has 1 atom stereocenters. The Hall–Kier alpha value is -1.69. The number of thioether (sulfide) groups is 1. The highest BCUT2D eigenvalue weighted by atomic mass is 35.5. The molecule has 0 unspecified atom stereocenters. The molecule has 168 valence electrons. The third-order valence-electron chi connectivity index (χ3n) is 4.56. The van der Waals surface area contributed by atoms with Gasteiger partial charge in [-0.1, -0.05) is 54.4 Å². The number of hydrogen-bond donors (Lipinski definition) is 1. The molecule has 0 heterocycles. The Balaban J connectivity index is 2.14. The Morgan fingerprint density at radius 1 is 0.968 bits per heavy atom. The summed E-state index contributed by atoms with van der Waals surface area (Å²) in [7, 11) is 0. The van der Waals surface area contributed by atoms with Gasteiger partial charge in [0.2, 0.25) is 11.8 Å². The van der Waals surface area contributed by atoms with Gasteiger partial charge in [-0.05, 0) is 62.6 Å². The lowest BCUT2D eigenvalue weighted by molar-refractivity contribution is -0.140.